The number of aromatic amines is 1. The molecule has 2 atom stereocenters. The molecule has 0 bridgehead atoms. The highest BCUT2D eigenvalue weighted by atomic mass is 32.1. The van der Waals surface area contributed by atoms with E-state index in [1.807, 2.05) is 33.8 Å². The molecule has 0 saturated heterocycles. The maximum Gasteiger partial charge on any atom is 0.397 e. The second-order valence-electron chi connectivity index (χ2n) is 10.9. The van der Waals surface area contributed by atoms with Gasteiger partial charge in [0, 0.05) is 31.0 Å². The summed E-state index contributed by atoms with van der Waals surface area (Å²) in [7, 11) is -0.136. The van der Waals surface area contributed by atoms with Gasteiger partial charge in [-0.25, -0.2) is 9.18 Å². The normalized spacial score (nSPS) is 17.1. The van der Waals surface area contributed by atoms with Gasteiger partial charge in [0.05, 0.1) is 24.9 Å². The number of aryl methyl sites for hydroxylation is 2. The summed E-state index contributed by atoms with van der Waals surface area (Å²) in [5.41, 5.74) is 1.96. The molecule has 0 saturated carbocycles. The maximum atomic E-state index is 15.4. The molecule has 0 spiro atoms. The predicted molar refractivity (Wildman–Crippen MR) is 138 cm³/mol. The molecular formula is C25H36FN2O5PS. The second-order valence-corrected chi connectivity index (χ2v) is 12.4. The molecule has 194 valence electrons. The van der Waals surface area contributed by atoms with Crippen LogP contribution in [0.2, 0.25) is 0 Å². The number of rotatable bonds is 7. The average molecular weight is 527 g/mol. The predicted octanol–water partition coefficient (Wildman–Crippen LogP) is 6.21. The minimum absolute atomic E-state index is 0.0788. The van der Waals surface area contributed by atoms with Crippen LogP contribution >= 0.6 is 20.8 Å². The van der Waals surface area contributed by atoms with E-state index in [-0.39, 0.29) is 41.7 Å². The molecule has 35 heavy (non-hydrogen) atoms. The van der Waals surface area contributed by atoms with Crippen molar-refractivity contribution in [2.45, 2.75) is 85.0 Å². The van der Waals surface area contributed by atoms with E-state index in [2.05, 4.69) is 25.8 Å². The van der Waals surface area contributed by atoms with Crippen LogP contribution in [-0.2, 0) is 37.8 Å². The molecule has 7 nitrogen and oxygen atoms in total. The first-order valence-electron chi connectivity index (χ1n) is 11.7. The van der Waals surface area contributed by atoms with Crippen molar-refractivity contribution in [3.8, 4) is 5.75 Å². The minimum atomic E-state index is -1.73. The first-order chi connectivity index (χ1) is 16.2. The largest absolute Gasteiger partial charge is 0.426 e. The number of methoxy groups -OCH3 is 1. The van der Waals surface area contributed by atoms with Gasteiger partial charge in [0.2, 0.25) is 0 Å². The van der Waals surface area contributed by atoms with Gasteiger partial charge < -0.3 is 13.8 Å². The molecule has 2 aromatic rings. The summed E-state index contributed by atoms with van der Waals surface area (Å²) < 4.78 is 40.8. The third-order valence-corrected chi connectivity index (χ3v) is 7.44. The molecule has 0 fully saturated rings. The zero-order chi connectivity index (χ0) is 26.1. The number of nitrogens with zero attached hydrogens (tertiary/aromatic N) is 1. The van der Waals surface area contributed by atoms with E-state index in [0.717, 1.165) is 11.1 Å². The third kappa shape index (κ3) is 6.57. The zero-order valence-electron chi connectivity index (χ0n) is 21.8. The number of H-pyrrole nitrogens is 1. The lowest BCUT2D eigenvalue weighted by atomic mass is 9.78. The van der Waals surface area contributed by atoms with Crippen LogP contribution < -0.4 is 10.2 Å². The lowest BCUT2D eigenvalue weighted by Gasteiger charge is -2.33. The Kier molecular flexibility index (Phi) is 8.60. The molecule has 1 N–H and O–H groups in total. The summed E-state index contributed by atoms with van der Waals surface area (Å²) >= 11 is 5.10. The summed E-state index contributed by atoms with van der Waals surface area (Å²) in [6, 6.07) is 1.91. The van der Waals surface area contributed by atoms with E-state index in [1.54, 1.807) is 17.9 Å². The highest BCUT2D eigenvalue weighted by Crippen LogP contribution is 2.52. The highest BCUT2D eigenvalue weighted by Gasteiger charge is 2.35. The fourth-order valence-corrected chi connectivity index (χ4v) is 5.00. The summed E-state index contributed by atoms with van der Waals surface area (Å²) in [6.45, 7) is 14.8. The molecule has 0 aliphatic carbocycles. The molecule has 2 unspecified atom stereocenters. The Balaban J connectivity index is 1.72. The van der Waals surface area contributed by atoms with E-state index in [9.17, 15) is 4.79 Å². The fraction of sp³-hybridized carbons (Fsp3) is 0.600. The quantitative estimate of drug-likeness (QED) is 0.342. The Morgan fingerprint density at radius 3 is 2.49 bits per heavy atom. The molecule has 2 heterocycles. The number of ether oxygens (including phenoxy) is 1. The smallest absolute Gasteiger partial charge is 0.397 e. The van der Waals surface area contributed by atoms with Gasteiger partial charge in [0.15, 0.2) is 0 Å². The molecule has 10 heteroatoms. The minimum Gasteiger partial charge on any atom is -0.426 e. The summed E-state index contributed by atoms with van der Waals surface area (Å²) in [6.07, 6.45) is 1.98. The Morgan fingerprint density at radius 1 is 1.23 bits per heavy atom. The van der Waals surface area contributed by atoms with E-state index in [0.29, 0.717) is 34.5 Å². The van der Waals surface area contributed by atoms with Crippen molar-refractivity contribution < 1.29 is 22.7 Å². The van der Waals surface area contributed by atoms with Gasteiger partial charge in [-0.15, -0.1) is 0 Å². The molecule has 3 rings (SSSR count). The number of hydrogen-bond donors (Lipinski definition) is 1. The number of hydrogen-bond acceptors (Lipinski definition) is 6. The lowest BCUT2D eigenvalue weighted by molar-refractivity contribution is 0.0396. The lowest BCUT2D eigenvalue weighted by Crippen LogP contribution is -2.27. The van der Waals surface area contributed by atoms with E-state index >= 15 is 4.39 Å². The van der Waals surface area contributed by atoms with Gasteiger partial charge in [-0.05, 0) is 35.8 Å². The van der Waals surface area contributed by atoms with Gasteiger partial charge in [0.1, 0.15) is 16.2 Å². The molecule has 0 radical (unpaired) electrons. The Hall–Kier alpha value is -1.64. The first-order valence-corrected chi connectivity index (χ1v) is 13.2. The molecule has 1 aliphatic heterocycles. The van der Waals surface area contributed by atoms with Crippen molar-refractivity contribution in [1.29, 1.82) is 0 Å². The van der Waals surface area contributed by atoms with Crippen molar-refractivity contribution in [3.05, 3.63) is 55.5 Å². The van der Waals surface area contributed by atoms with Crippen molar-refractivity contribution in [1.82, 2.24) is 9.55 Å². The number of benzene rings is 1. The molecule has 1 aromatic carbocycles. The summed E-state index contributed by atoms with van der Waals surface area (Å²) in [5.74, 6) is 0.225. The number of aromatic nitrogens is 2. The van der Waals surface area contributed by atoms with Crippen LogP contribution in [-0.4, -0.2) is 29.4 Å². The van der Waals surface area contributed by atoms with E-state index in [4.69, 9.17) is 30.5 Å². The zero-order valence-corrected chi connectivity index (χ0v) is 23.5. The molecule has 1 aromatic heterocycles. The Labute approximate surface area is 213 Å². The number of fused-ring (bicyclic) bond motifs is 1. The van der Waals surface area contributed by atoms with E-state index in [1.165, 1.54) is 0 Å². The topological polar surface area (TPSA) is 74.7 Å². The second kappa shape index (κ2) is 10.8. The third-order valence-electron chi connectivity index (χ3n) is 5.99. The molecular weight excluding hydrogens is 490 g/mol. The monoisotopic (exact) mass is 526 g/mol. The van der Waals surface area contributed by atoms with Gasteiger partial charge in [-0.3, -0.25) is 14.0 Å². The summed E-state index contributed by atoms with van der Waals surface area (Å²) in [5, 5.41) is 0. The van der Waals surface area contributed by atoms with Crippen LogP contribution in [0.4, 0.5) is 4.39 Å². The van der Waals surface area contributed by atoms with E-state index < -0.39 is 8.60 Å². The van der Waals surface area contributed by atoms with Crippen molar-refractivity contribution in [2.75, 3.05) is 13.7 Å². The van der Waals surface area contributed by atoms with Crippen LogP contribution in [0.3, 0.4) is 0 Å². The van der Waals surface area contributed by atoms with Gasteiger partial charge in [0.25, 0.3) is 0 Å². The van der Waals surface area contributed by atoms with Gasteiger partial charge in [-0.1, -0.05) is 53.8 Å². The van der Waals surface area contributed by atoms with Crippen molar-refractivity contribution >= 4 is 20.8 Å². The SMILES string of the molecule is COC(CCn1cc(C)c(=S)[nH]c1=O)COP1OCc2c(F)c(C(C)(C)C)cc(C(C)(C)C)c2O1. The fourth-order valence-electron chi connectivity index (χ4n) is 3.80. The van der Waals surface area contributed by atoms with Crippen LogP contribution in [0.25, 0.3) is 0 Å². The standard InChI is InChI=1S/C25H36FN2O5PS/c1-15-12-28(23(29)27-22(15)35)10-9-16(30-8)13-31-34-32-14-17-20(26)18(24(2,3)4)11-19(21(17)33-34)25(5,6)7/h11-12,16H,9-10,13-14H2,1-8H3,(H,27,29,35). The van der Waals surface area contributed by atoms with Gasteiger partial charge >= 0.3 is 14.3 Å². The van der Waals surface area contributed by atoms with Crippen LogP contribution in [0.15, 0.2) is 17.1 Å². The van der Waals surface area contributed by atoms with Gasteiger partial charge in [-0.2, -0.15) is 0 Å². The number of nitrogens with one attached hydrogen (secondary N) is 1. The van der Waals surface area contributed by atoms with Crippen molar-refractivity contribution in [2.24, 2.45) is 0 Å². The highest BCUT2D eigenvalue weighted by molar-refractivity contribution is 7.71. The average Bonchev–Trinajstić information content (AvgIpc) is 2.75. The van der Waals surface area contributed by atoms with Crippen LogP contribution in [0, 0.1) is 17.4 Å². The first kappa shape index (κ1) is 27.9. The van der Waals surface area contributed by atoms with Crippen molar-refractivity contribution in [3.63, 3.8) is 0 Å². The molecule has 0 amide bonds. The molecule has 1 aliphatic rings. The number of halogens is 1. The summed E-state index contributed by atoms with van der Waals surface area (Å²) in [4.78, 5) is 14.8. The Morgan fingerprint density at radius 2 is 1.89 bits per heavy atom. The Bertz CT molecular complexity index is 1180. The maximum absolute atomic E-state index is 15.4. The van der Waals surface area contributed by atoms with Crippen LogP contribution in [0.1, 0.15) is 70.2 Å². The van der Waals surface area contributed by atoms with Crippen LogP contribution in [0.5, 0.6) is 5.75 Å².